The number of allylic oxidation sites excluding steroid dienone is 4. The van der Waals surface area contributed by atoms with Crippen molar-refractivity contribution in [2.24, 2.45) is 5.92 Å². The van der Waals surface area contributed by atoms with E-state index < -0.39 is 5.95 Å². The van der Waals surface area contributed by atoms with Crippen LogP contribution in [0.1, 0.15) is 41.8 Å². The molecule has 3 aliphatic rings. The van der Waals surface area contributed by atoms with Crippen LogP contribution in [0.5, 0.6) is 0 Å². The molecule has 1 aromatic carbocycles. The minimum Gasteiger partial charge on any atom is -0.305 e. The van der Waals surface area contributed by atoms with Crippen molar-refractivity contribution >= 4 is 28.8 Å². The minimum absolute atomic E-state index is 0.0963. The standard InChI is InChI=1S/C27H19Cl2FN6O/c1-13-2-4-17(27(30)32-13)19-6-15(7-22(19)29)26-21-11-20(21)24-8-14(9-25(37)36(24)26)18-10-16(28)3-5-23(18)35-12-31-33-34-35/h2-5,7-10,12,20-21,26H,6,11H2,1H3. The lowest BCUT2D eigenvalue weighted by atomic mass is 9.97. The first-order chi connectivity index (χ1) is 17.9. The summed E-state index contributed by atoms with van der Waals surface area (Å²) in [6.07, 6.45) is 4.89. The van der Waals surface area contributed by atoms with Gasteiger partial charge in [-0.15, -0.1) is 5.10 Å². The van der Waals surface area contributed by atoms with Crippen molar-refractivity contribution < 1.29 is 4.39 Å². The van der Waals surface area contributed by atoms with Gasteiger partial charge in [0.25, 0.3) is 5.56 Å². The Morgan fingerprint density at radius 3 is 2.73 bits per heavy atom. The second kappa shape index (κ2) is 8.19. The third-order valence-corrected chi connectivity index (χ3v) is 8.11. The zero-order valence-electron chi connectivity index (χ0n) is 19.6. The van der Waals surface area contributed by atoms with Crippen LogP contribution in [0.25, 0.3) is 22.4 Å². The number of pyridine rings is 2. The third-order valence-electron chi connectivity index (χ3n) is 7.54. The number of nitrogens with zero attached hydrogens (tertiary/aromatic N) is 6. The SMILES string of the molecule is Cc1ccc(C2=C(Cl)C=C(C3C4CC4c4cc(-c5cc(Cl)ccc5-n5cnnn5)cc(=O)n43)C2)c(F)n1. The predicted octanol–water partition coefficient (Wildman–Crippen LogP) is 5.63. The van der Waals surface area contributed by atoms with Gasteiger partial charge in [0.05, 0.1) is 11.7 Å². The first-order valence-corrected chi connectivity index (χ1v) is 12.7. The van der Waals surface area contributed by atoms with Crippen LogP contribution in [0.3, 0.4) is 0 Å². The van der Waals surface area contributed by atoms with E-state index in [0.717, 1.165) is 34.5 Å². The maximum absolute atomic E-state index is 14.6. The Balaban J connectivity index is 1.27. The van der Waals surface area contributed by atoms with Crippen LogP contribution in [0.4, 0.5) is 4.39 Å². The molecule has 37 heavy (non-hydrogen) atoms. The molecule has 2 aliphatic carbocycles. The van der Waals surface area contributed by atoms with E-state index in [4.69, 9.17) is 23.2 Å². The van der Waals surface area contributed by atoms with Crippen molar-refractivity contribution in [3.8, 4) is 16.8 Å². The van der Waals surface area contributed by atoms with Gasteiger partial charge in [0.1, 0.15) is 6.33 Å². The van der Waals surface area contributed by atoms with E-state index in [2.05, 4.69) is 26.6 Å². The normalized spacial score (nSPS) is 21.7. The second-order valence-electron chi connectivity index (χ2n) is 9.76. The number of aromatic nitrogens is 6. The highest BCUT2D eigenvalue weighted by Gasteiger charge is 2.54. The average molecular weight is 533 g/mol. The van der Waals surface area contributed by atoms with Crippen LogP contribution in [-0.2, 0) is 0 Å². The maximum Gasteiger partial charge on any atom is 0.251 e. The molecule has 0 saturated heterocycles. The molecule has 0 bridgehead atoms. The van der Waals surface area contributed by atoms with Crippen molar-refractivity contribution in [3.63, 3.8) is 0 Å². The summed E-state index contributed by atoms with van der Waals surface area (Å²) >= 11 is 12.9. The van der Waals surface area contributed by atoms with E-state index >= 15 is 0 Å². The molecule has 10 heteroatoms. The first-order valence-electron chi connectivity index (χ1n) is 11.9. The van der Waals surface area contributed by atoms with E-state index in [1.807, 2.05) is 22.8 Å². The van der Waals surface area contributed by atoms with Crippen LogP contribution in [-0.4, -0.2) is 29.8 Å². The molecule has 1 saturated carbocycles. The van der Waals surface area contributed by atoms with Gasteiger partial charge >= 0.3 is 0 Å². The summed E-state index contributed by atoms with van der Waals surface area (Å²) in [5.74, 6) is 0.0767. The summed E-state index contributed by atoms with van der Waals surface area (Å²) in [6, 6.07) is 12.5. The molecular formula is C27H19Cl2FN6O. The maximum atomic E-state index is 14.6. The zero-order valence-corrected chi connectivity index (χ0v) is 21.1. The highest BCUT2D eigenvalue weighted by atomic mass is 35.5. The second-order valence-corrected chi connectivity index (χ2v) is 10.6. The lowest BCUT2D eigenvalue weighted by molar-refractivity contribution is 0.523. The van der Waals surface area contributed by atoms with Crippen LogP contribution < -0.4 is 5.56 Å². The quantitative estimate of drug-likeness (QED) is 0.318. The highest BCUT2D eigenvalue weighted by molar-refractivity contribution is 6.35. The number of benzene rings is 1. The van der Waals surface area contributed by atoms with Crippen LogP contribution in [0, 0.1) is 18.8 Å². The van der Waals surface area contributed by atoms with Gasteiger partial charge in [0, 0.05) is 44.6 Å². The summed E-state index contributed by atoms with van der Waals surface area (Å²) in [5, 5.41) is 12.5. The lowest BCUT2D eigenvalue weighted by Crippen LogP contribution is -2.26. The Kier molecular flexibility index (Phi) is 5.00. The molecule has 0 N–H and O–H groups in total. The molecule has 3 aromatic heterocycles. The van der Waals surface area contributed by atoms with Gasteiger partial charge in [-0.25, -0.2) is 4.98 Å². The fourth-order valence-electron chi connectivity index (χ4n) is 5.84. The Labute approximate surface area is 220 Å². The highest BCUT2D eigenvalue weighted by Crippen LogP contribution is 2.62. The predicted molar refractivity (Wildman–Crippen MR) is 138 cm³/mol. The first kappa shape index (κ1) is 22.6. The Morgan fingerprint density at radius 1 is 1.08 bits per heavy atom. The van der Waals surface area contributed by atoms with Gasteiger partial charge in [-0.3, -0.25) is 4.79 Å². The average Bonchev–Trinajstić information content (AvgIpc) is 3.17. The fraction of sp³-hybridized carbons (Fsp3) is 0.222. The molecule has 0 spiro atoms. The van der Waals surface area contributed by atoms with Crippen LogP contribution in [0.2, 0.25) is 5.02 Å². The molecule has 4 aromatic rings. The number of fused-ring (bicyclic) bond motifs is 3. The summed E-state index contributed by atoms with van der Waals surface area (Å²) in [5.41, 5.74) is 5.92. The molecule has 3 unspecified atom stereocenters. The number of tetrazole rings is 1. The number of halogens is 3. The summed E-state index contributed by atoms with van der Waals surface area (Å²) in [6.45, 7) is 1.75. The number of rotatable bonds is 4. The molecule has 7 nitrogen and oxygen atoms in total. The van der Waals surface area contributed by atoms with Gasteiger partial charge < -0.3 is 4.57 Å². The molecule has 0 radical (unpaired) electrons. The van der Waals surface area contributed by atoms with Crippen molar-refractivity contribution in [1.82, 2.24) is 29.8 Å². The van der Waals surface area contributed by atoms with E-state index in [1.54, 1.807) is 35.9 Å². The number of hydrogen-bond donors (Lipinski definition) is 0. The zero-order chi connectivity index (χ0) is 25.4. The van der Waals surface area contributed by atoms with Gasteiger partial charge in [0.2, 0.25) is 5.95 Å². The van der Waals surface area contributed by atoms with Crippen molar-refractivity contribution in [2.75, 3.05) is 0 Å². The van der Waals surface area contributed by atoms with Crippen LogP contribution in [0.15, 0.2) is 70.3 Å². The molecular weight excluding hydrogens is 514 g/mol. The summed E-state index contributed by atoms with van der Waals surface area (Å²) in [4.78, 5) is 17.5. The molecule has 184 valence electrons. The van der Waals surface area contributed by atoms with E-state index in [9.17, 15) is 9.18 Å². The van der Waals surface area contributed by atoms with Gasteiger partial charge in [0.15, 0.2) is 0 Å². The third kappa shape index (κ3) is 3.58. The lowest BCUT2D eigenvalue weighted by Gasteiger charge is -2.21. The van der Waals surface area contributed by atoms with E-state index in [-0.39, 0.29) is 17.5 Å². The summed E-state index contributed by atoms with van der Waals surface area (Å²) in [7, 11) is 0. The fourth-order valence-corrected chi connectivity index (χ4v) is 6.32. The molecule has 7 rings (SSSR count). The largest absolute Gasteiger partial charge is 0.305 e. The minimum atomic E-state index is -0.527. The summed E-state index contributed by atoms with van der Waals surface area (Å²) < 4.78 is 18.1. The van der Waals surface area contributed by atoms with Crippen LogP contribution >= 0.6 is 23.2 Å². The van der Waals surface area contributed by atoms with E-state index in [1.165, 1.54) is 6.33 Å². The van der Waals surface area contributed by atoms with Gasteiger partial charge in [-0.05, 0) is 95.3 Å². The van der Waals surface area contributed by atoms with Crippen molar-refractivity contribution in [2.45, 2.75) is 31.7 Å². The Hall–Kier alpha value is -3.62. The van der Waals surface area contributed by atoms with Gasteiger partial charge in [-0.2, -0.15) is 9.07 Å². The number of hydrogen-bond acceptors (Lipinski definition) is 5. The molecule has 4 heterocycles. The Morgan fingerprint density at radius 2 is 1.95 bits per heavy atom. The molecule has 1 aliphatic heterocycles. The van der Waals surface area contributed by atoms with Crippen molar-refractivity contribution in [1.29, 1.82) is 0 Å². The Bertz CT molecular complexity index is 1730. The monoisotopic (exact) mass is 532 g/mol. The topological polar surface area (TPSA) is 78.5 Å². The van der Waals surface area contributed by atoms with Crippen molar-refractivity contribution in [3.05, 3.63) is 104 Å². The molecule has 3 atom stereocenters. The molecule has 0 amide bonds. The van der Waals surface area contributed by atoms with Gasteiger partial charge in [-0.1, -0.05) is 23.2 Å². The molecule has 1 fully saturated rings. The van der Waals surface area contributed by atoms with E-state index in [0.29, 0.717) is 39.2 Å². The number of aryl methyl sites for hydroxylation is 1. The smallest absolute Gasteiger partial charge is 0.251 e.